The molecule has 0 spiro atoms. The SMILES string of the molecule is Cc1cc(=O)c(C(=O)NC(CN)CC(C)C)nn1-c1ccccc1[N+](=O)[O-].Cl. The first-order valence-electron chi connectivity index (χ1n) is 8.60. The average Bonchev–Trinajstić information content (AvgIpc) is 2.60. The van der Waals surface area contributed by atoms with Crippen LogP contribution in [0.5, 0.6) is 0 Å². The van der Waals surface area contributed by atoms with Gasteiger partial charge in [-0.15, -0.1) is 12.4 Å². The lowest BCUT2D eigenvalue weighted by Gasteiger charge is -2.19. The van der Waals surface area contributed by atoms with Gasteiger partial charge in [-0.25, -0.2) is 4.68 Å². The van der Waals surface area contributed by atoms with Gasteiger partial charge in [-0.05, 0) is 25.3 Å². The molecule has 0 fully saturated rings. The Balaban J connectivity index is 0.00000392. The summed E-state index contributed by atoms with van der Waals surface area (Å²) in [4.78, 5) is 35.6. The maximum Gasteiger partial charge on any atom is 0.294 e. The van der Waals surface area contributed by atoms with Crippen LogP contribution in [-0.2, 0) is 0 Å². The predicted octanol–water partition coefficient (Wildman–Crippen LogP) is 1.97. The third-order valence-electron chi connectivity index (χ3n) is 4.00. The highest BCUT2D eigenvalue weighted by Gasteiger charge is 2.21. The van der Waals surface area contributed by atoms with Crippen LogP contribution < -0.4 is 16.5 Å². The minimum atomic E-state index is -0.650. The molecule has 28 heavy (non-hydrogen) atoms. The molecular weight excluding hydrogens is 386 g/mol. The largest absolute Gasteiger partial charge is 0.347 e. The van der Waals surface area contributed by atoms with Crippen molar-refractivity contribution in [1.29, 1.82) is 0 Å². The van der Waals surface area contributed by atoms with Crippen LogP contribution in [0.2, 0.25) is 0 Å². The fourth-order valence-electron chi connectivity index (χ4n) is 2.78. The fourth-order valence-corrected chi connectivity index (χ4v) is 2.78. The van der Waals surface area contributed by atoms with Crippen molar-refractivity contribution in [3.8, 4) is 5.69 Å². The van der Waals surface area contributed by atoms with Crippen LogP contribution in [0, 0.1) is 23.0 Å². The van der Waals surface area contributed by atoms with Crippen molar-refractivity contribution in [3.63, 3.8) is 0 Å². The van der Waals surface area contributed by atoms with Gasteiger partial charge >= 0.3 is 0 Å². The van der Waals surface area contributed by atoms with E-state index in [0.29, 0.717) is 18.0 Å². The molecule has 1 unspecified atom stereocenters. The van der Waals surface area contributed by atoms with Crippen molar-refractivity contribution in [2.75, 3.05) is 6.54 Å². The molecule has 0 bridgehead atoms. The van der Waals surface area contributed by atoms with E-state index in [0.717, 1.165) is 0 Å². The molecule has 1 amide bonds. The molecule has 0 aliphatic heterocycles. The minimum Gasteiger partial charge on any atom is -0.347 e. The van der Waals surface area contributed by atoms with Gasteiger partial charge in [0.2, 0.25) is 5.43 Å². The zero-order valence-electron chi connectivity index (χ0n) is 15.9. The second-order valence-corrected chi connectivity index (χ2v) is 6.69. The Morgan fingerprint density at radius 3 is 2.57 bits per heavy atom. The Hall–Kier alpha value is -2.78. The number of rotatable bonds is 7. The summed E-state index contributed by atoms with van der Waals surface area (Å²) in [6.07, 6.45) is 0.659. The van der Waals surface area contributed by atoms with Crippen molar-refractivity contribution < 1.29 is 9.72 Å². The zero-order valence-corrected chi connectivity index (χ0v) is 16.7. The molecule has 1 atom stereocenters. The van der Waals surface area contributed by atoms with Crippen LogP contribution in [0.1, 0.15) is 36.5 Å². The van der Waals surface area contributed by atoms with Gasteiger partial charge in [0.05, 0.1) is 4.92 Å². The van der Waals surface area contributed by atoms with Crippen LogP contribution >= 0.6 is 12.4 Å². The number of nitrogens with one attached hydrogen (secondary N) is 1. The van der Waals surface area contributed by atoms with Crippen LogP contribution in [-0.4, -0.2) is 33.2 Å². The van der Waals surface area contributed by atoms with Crippen molar-refractivity contribution in [2.24, 2.45) is 11.7 Å². The highest BCUT2D eigenvalue weighted by Crippen LogP contribution is 2.22. The second-order valence-electron chi connectivity index (χ2n) is 6.69. The number of hydrogen-bond donors (Lipinski definition) is 2. The number of benzene rings is 1. The number of halogens is 1. The molecule has 0 radical (unpaired) electrons. The fraction of sp³-hybridized carbons (Fsp3) is 0.389. The van der Waals surface area contributed by atoms with E-state index >= 15 is 0 Å². The van der Waals surface area contributed by atoms with Crippen molar-refractivity contribution in [2.45, 2.75) is 33.2 Å². The summed E-state index contributed by atoms with van der Waals surface area (Å²) in [5.74, 6) is -0.336. The third-order valence-corrected chi connectivity index (χ3v) is 4.00. The monoisotopic (exact) mass is 409 g/mol. The first kappa shape index (κ1) is 23.3. The standard InChI is InChI=1S/C18H23N5O4.ClH/c1-11(2)8-13(10-19)20-18(25)17-16(24)9-12(3)22(21-17)14-6-4-5-7-15(14)23(26)27;/h4-7,9,11,13H,8,10,19H2,1-3H3,(H,20,25);1H. The lowest BCUT2D eigenvalue weighted by Crippen LogP contribution is -2.43. The van der Waals surface area contributed by atoms with Gasteiger partial charge in [-0.2, -0.15) is 5.10 Å². The summed E-state index contributed by atoms with van der Waals surface area (Å²) < 4.78 is 1.23. The first-order valence-corrected chi connectivity index (χ1v) is 8.60. The van der Waals surface area contributed by atoms with Gasteiger partial charge < -0.3 is 11.1 Å². The van der Waals surface area contributed by atoms with Crippen molar-refractivity contribution >= 4 is 24.0 Å². The van der Waals surface area contributed by atoms with E-state index < -0.39 is 16.3 Å². The number of amides is 1. The predicted molar refractivity (Wildman–Crippen MR) is 108 cm³/mol. The number of carbonyl (C=O) groups is 1. The molecule has 0 saturated carbocycles. The number of nitro benzene ring substituents is 1. The molecule has 152 valence electrons. The topological polar surface area (TPSA) is 133 Å². The molecule has 3 N–H and O–H groups in total. The lowest BCUT2D eigenvalue weighted by atomic mass is 10.0. The Kier molecular flexibility index (Phi) is 8.27. The maximum absolute atomic E-state index is 12.6. The van der Waals surface area contributed by atoms with Crippen LogP contribution in [0.15, 0.2) is 35.1 Å². The number of aromatic nitrogens is 2. The second kappa shape index (κ2) is 9.95. The summed E-state index contributed by atoms with van der Waals surface area (Å²) in [5, 5.41) is 18.1. The molecule has 2 aromatic rings. The Labute approximate surface area is 168 Å². The Morgan fingerprint density at radius 1 is 1.36 bits per heavy atom. The van der Waals surface area contributed by atoms with Gasteiger partial charge in [0.15, 0.2) is 5.69 Å². The van der Waals surface area contributed by atoms with E-state index in [2.05, 4.69) is 10.4 Å². The molecular formula is C18H24ClN5O4. The van der Waals surface area contributed by atoms with E-state index in [9.17, 15) is 19.7 Å². The van der Waals surface area contributed by atoms with Gasteiger partial charge in [-0.1, -0.05) is 26.0 Å². The van der Waals surface area contributed by atoms with E-state index in [1.165, 1.54) is 28.9 Å². The van der Waals surface area contributed by atoms with E-state index in [1.807, 2.05) is 13.8 Å². The minimum absolute atomic E-state index is 0. The number of para-hydroxylation sites is 2. The maximum atomic E-state index is 12.6. The summed E-state index contributed by atoms with van der Waals surface area (Å²) in [5.41, 5.74) is 5.18. The van der Waals surface area contributed by atoms with Crippen LogP contribution in [0.25, 0.3) is 5.69 Å². The lowest BCUT2D eigenvalue weighted by molar-refractivity contribution is -0.384. The highest BCUT2D eigenvalue weighted by molar-refractivity contribution is 5.92. The highest BCUT2D eigenvalue weighted by atomic mass is 35.5. The van der Waals surface area contributed by atoms with Crippen LogP contribution in [0.4, 0.5) is 5.69 Å². The number of nitrogens with two attached hydrogens (primary N) is 1. The van der Waals surface area contributed by atoms with Crippen LogP contribution in [0.3, 0.4) is 0 Å². The number of aryl methyl sites for hydroxylation is 1. The number of nitro groups is 1. The molecule has 1 aromatic heterocycles. The molecule has 10 heteroatoms. The third kappa shape index (κ3) is 5.37. The quantitative estimate of drug-likeness (QED) is 0.530. The first-order chi connectivity index (χ1) is 12.7. The molecule has 1 heterocycles. The number of hydrogen-bond acceptors (Lipinski definition) is 6. The summed E-state index contributed by atoms with van der Waals surface area (Å²) >= 11 is 0. The summed E-state index contributed by atoms with van der Waals surface area (Å²) in [7, 11) is 0. The normalized spacial score (nSPS) is 11.6. The van der Waals surface area contributed by atoms with E-state index in [4.69, 9.17) is 5.73 Å². The number of nitrogens with zero attached hydrogens (tertiary/aromatic N) is 3. The summed E-state index contributed by atoms with van der Waals surface area (Å²) in [6.45, 7) is 5.82. The van der Waals surface area contributed by atoms with Crippen molar-refractivity contribution in [1.82, 2.24) is 15.1 Å². The van der Waals surface area contributed by atoms with Gasteiger partial charge in [0.1, 0.15) is 5.69 Å². The summed E-state index contributed by atoms with van der Waals surface area (Å²) in [6, 6.07) is 6.94. The zero-order chi connectivity index (χ0) is 20.1. The van der Waals surface area contributed by atoms with Gasteiger partial charge in [-0.3, -0.25) is 19.7 Å². The van der Waals surface area contributed by atoms with Gasteiger partial charge in [0.25, 0.3) is 11.6 Å². The Bertz CT molecular complexity index is 913. The smallest absolute Gasteiger partial charge is 0.294 e. The average molecular weight is 410 g/mol. The Morgan fingerprint density at radius 2 is 2.00 bits per heavy atom. The van der Waals surface area contributed by atoms with E-state index in [1.54, 1.807) is 13.0 Å². The van der Waals surface area contributed by atoms with Gasteiger partial charge in [0, 0.05) is 30.4 Å². The molecule has 0 aliphatic rings. The van der Waals surface area contributed by atoms with Crippen molar-refractivity contribution in [3.05, 3.63) is 62.1 Å². The molecule has 2 rings (SSSR count). The molecule has 9 nitrogen and oxygen atoms in total. The van der Waals surface area contributed by atoms with E-state index in [-0.39, 0.29) is 42.1 Å². The number of carbonyl (C=O) groups excluding carboxylic acids is 1. The molecule has 0 aliphatic carbocycles. The molecule has 0 saturated heterocycles. The molecule has 1 aromatic carbocycles.